The van der Waals surface area contributed by atoms with Crippen LogP contribution in [0.4, 0.5) is 0 Å². The van der Waals surface area contributed by atoms with E-state index >= 15 is 0 Å². The summed E-state index contributed by atoms with van der Waals surface area (Å²) in [5, 5.41) is 3.05. The van der Waals surface area contributed by atoms with E-state index in [2.05, 4.69) is 5.32 Å². The predicted molar refractivity (Wildman–Crippen MR) is 82.8 cm³/mol. The smallest absolute Gasteiger partial charge is 0.233 e. The van der Waals surface area contributed by atoms with Crippen LogP contribution in [0.1, 0.15) is 45.2 Å². The molecule has 0 aromatic heterocycles. The van der Waals surface area contributed by atoms with Gasteiger partial charge in [0, 0.05) is 0 Å². The zero-order chi connectivity index (χ0) is 14.5. The van der Waals surface area contributed by atoms with Crippen molar-refractivity contribution >= 4 is 23.1 Å². The van der Waals surface area contributed by atoms with Gasteiger partial charge >= 0.3 is 0 Å². The Hall–Kier alpha value is -1.42. The van der Waals surface area contributed by atoms with Crippen molar-refractivity contribution < 1.29 is 4.79 Å². The van der Waals surface area contributed by atoms with Crippen molar-refractivity contribution in [2.45, 2.75) is 39.7 Å². The summed E-state index contributed by atoms with van der Waals surface area (Å²) in [6, 6.07) is 9.92. The summed E-state index contributed by atoms with van der Waals surface area (Å²) >= 11 is 5.03. The number of nitrogens with two attached hydrogens (primary N) is 1. The minimum atomic E-state index is -0.780. The third kappa shape index (κ3) is 3.53. The third-order valence-corrected chi connectivity index (χ3v) is 4.12. The fraction of sp³-hybridized carbons (Fsp3) is 0.467. The molecule has 1 rings (SSSR count). The quantitative estimate of drug-likeness (QED) is 0.787. The van der Waals surface area contributed by atoms with Gasteiger partial charge in [-0.25, -0.2) is 0 Å². The Kier molecular flexibility index (Phi) is 5.48. The van der Waals surface area contributed by atoms with E-state index in [1.54, 1.807) is 6.92 Å². The largest absolute Gasteiger partial charge is 0.392 e. The number of amides is 1. The Balaban J connectivity index is 2.88. The molecular formula is C15H22N2OS. The SMILES string of the molecule is CCC(NC(=O)C(C)(CC)C(N)=S)c1ccccc1. The first-order chi connectivity index (χ1) is 8.95. The van der Waals surface area contributed by atoms with E-state index in [9.17, 15) is 4.79 Å². The average Bonchev–Trinajstić information content (AvgIpc) is 2.44. The number of hydrogen-bond acceptors (Lipinski definition) is 2. The summed E-state index contributed by atoms with van der Waals surface area (Å²) in [5.41, 5.74) is 6.03. The molecule has 3 N–H and O–H groups in total. The Bertz CT molecular complexity index is 447. The fourth-order valence-corrected chi connectivity index (χ4v) is 2.11. The molecule has 0 bridgehead atoms. The van der Waals surface area contributed by atoms with Crippen molar-refractivity contribution in [2.75, 3.05) is 0 Å². The van der Waals surface area contributed by atoms with E-state index in [-0.39, 0.29) is 16.9 Å². The molecule has 0 saturated carbocycles. The van der Waals surface area contributed by atoms with Gasteiger partial charge in [0.15, 0.2) is 0 Å². The van der Waals surface area contributed by atoms with Crippen LogP contribution in [0.5, 0.6) is 0 Å². The van der Waals surface area contributed by atoms with Crippen molar-refractivity contribution in [2.24, 2.45) is 11.1 Å². The second-order valence-corrected chi connectivity index (χ2v) is 5.33. The summed E-state index contributed by atoms with van der Waals surface area (Å²) in [5.74, 6) is -0.0989. The highest BCUT2D eigenvalue weighted by Crippen LogP contribution is 2.24. The molecule has 19 heavy (non-hydrogen) atoms. The zero-order valence-corrected chi connectivity index (χ0v) is 12.6. The highest BCUT2D eigenvalue weighted by atomic mass is 32.1. The summed E-state index contributed by atoms with van der Waals surface area (Å²) < 4.78 is 0. The second kappa shape index (κ2) is 6.66. The van der Waals surface area contributed by atoms with Crippen LogP contribution in [0.3, 0.4) is 0 Å². The molecule has 0 heterocycles. The Labute approximate surface area is 120 Å². The van der Waals surface area contributed by atoms with Gasteiger partial charge in [-0.15, -0.1) is 0 Å². The normalized spacial score (nSPS) is 15.3. The molecule has 0 saturated heterocycles. The monoisotopic (exact) mass is 278 g/mol. The third-order valence-electron chi connectivity index (χ3n) is 3.67. The molecule has 4 heteroatoms. The lowest BCUT2D eigenvalue weighted by Crippen LogP contribution is -2.47. The van der Waals surface area contributed by atoms with Crippen LogP contribution in [0.2, 0.25) is 0 Å². The molecule has 0 spiro atoms. The van der Waals surface area contributed by atoms with Crippen LogP contribution in [-0.4, -0.2) is 10.9 Å². The number of benzene rings is 1. The Morgan fingerprint density at radius 3 is 2.37 bits per heavy atom. The molecule has 1 amide bonds. The molecule has 1 aromatic rings. The molecule has 2 atom stereocenters. The second-order valence-electron chi connectivity index (χ2n) is 4.89. The van der Waals surface area contributed by atoms with Crippen molar-refractivity contribution in [3.05, 3.63) is 35.9 Å². The minimum absolute atomic E-state index is 0.00563. The highest BCUT2D eigenvalue weighted by molar-refractivity contribution is 7.80. The van der Waals surface area contributed by atoms with Gasteiger partial charge in [-0.1, -0.05) is 56.4 Å². The van der Waals surface area contributed by atoms with E-state index in [0.717, 1.165) is 12.0 Å². The van der Waals surface area contributed by atoms with Gasteiger partial charge in [0.2, 0.25) is 5.91 Å². The van der Waals surface area contributed by atoms with E-state index in [1.165, 1.54) is 0 Å². The summed E-state index contributed by atoms with van der Waals surface area (Å²) in [4.78, 5) is 12.6. The Morgan fingerprint density at radius 1 is 1.37 bits per heavy atom. The average molecular weight is 278 g/mol. The van der Waals surface area contributed by atoms with Crippen LogP contribution in [0, 0.1) is 5.41 Å². The highest BCUT2D eigenvalue weighted by Gasteiger charge is 2.35. The van der Waals surface area contributed by atoms with Crippen molar-refractivity contribution in [3.8, 4) is 0 Å². The topological polar surface area (TPSA) is 55.1 Å². The molecule has 0 aliphatic rings. The summed E-state index contributed by atoms with van der Waals surface area (Å²) in [6.45, 7) is 5.76. The summed E-state index contributed by atoms with van der Waals surface area (Å²) in [7, 11) is 0. The van der Waals surface area contributed by atoms with Crippen LogP contribution >= 0.6 is 12.2 Å². The van der Waals surface area contributed by atoms with Crippen molar-refractivity contribution in [1.82, 2.24) is 5.32 Å². The number of thiocarbonyl (C=S) groups is 1. The molecule has 0 aliphatic carbocycles. The summed E-state index contributed by atoms with van der Waals surface area (Å²) in [6.07, 6.45) is 1.42. The van der Waals surface area contributed by atoms with Crippen LogP contribution in [0.15, 0.2) is 30.3 Å². The molecule has 0 aliphatic heterocycles. The predicted octanol–water partition coefficient (Wildman–Crippen LogP) is 2.96. The maximum Gasteiger partial charge on any atom is 0.233 e. The van der Waals surface area contributed by atoms with Gasteiger partial charge in [-0.3, -0.25) is 4.79 Å². The molecule has 1 aromatic carbocycles. The number of carbonyl (C=O) groups is 1. The fourth-order valence-electron chi connectivity index (χ4n) is 1.87. The number of hydrogen-bond donors (Lipinski definition) is 2. The van der Waals surface area contributed by atoms with Crippen LogP contribution in [0.25, 0.3) is 0 Å². The lowest BCUT2D eigenvalue weighted by molar-refractivity contribution is -0.127. The molecule has 2 unspecified atom stereocenters. The molecular weight excluding hydrogens is 256 g/mol. The first kappa shape index (κ1) is 15.6. The van der Waals surface area contributed by atoms with Gasteiger partial charge < -0.3 is 11.1 Å². The maximum atomic E-state index is 12.4. The van der Waals surface area contributed by atoms with Gasteiger partial charge in [0.05, 0.1) is 16.4 Å². The van der Waals surface area contributed by atoms with E-state index in [1.807, 2.05) is 44.2 Å². The Morgan fingerprint density at radius 2 is 1.95 bits per heavy atom. The van der Waals surface area contributed by atoms with E-state index < -0.39 is 5.41 Å². The lowest BCUT2D eigenvalue weighted by Gasteiger charge is -2.28. The van der Waals surface area contributed by atoms with Gasteiger partial charge in [0.1, 0.15) is 0 Å². The standard InChI is InChI=1S/C15H22N2OS/c1-4-12(11-9-7-6-8-10-11)17-14(18)15(3,5-2)13(16)19/h6-10,12H,4-5H2,1-3H3,(H2,16,19)(H,17,18). The van der Waals surface area contributed by atoms with Gasteiger partial charge in [-0.2, -0.15) is 0 Å². The minimum Gasteiger partial charge on any atom is -0.392 e. The van der Waals surface area contributed by atoms with Crippen molar-refractivity contribution in [1.29, 1.82) is 0 Å². The first-order valence-corrected chi connectivity index (χ1v) is 7.02. The molecule has 104 valence electrons. The van der Waals surface area contributed by atoms with E-state index in [4.69, 9.17) is 18.0 Å². The lowest BCUT2D eigenvalue weighted by atomic mass is 9.86. The number of rotatable bonds is 6. The van der Waals surface area contributed by atoms with E-state index in [0.29, 0.717) is 6.42 Å². The molecule has 3 nitrogen and oxygen atoms in total. The number of carbonyl (C=O) groups excluding carboxylic acids is 1. The van der Waals surface area contributed by atoms with Crippen LogP contribution < -0.4 is 11.1 Å². The van der Waals surface area contributed by atoms with Crippen molar-refractivity contribution in [3.63, 3.8) is 0 Å². The van der Waals surface area contributed by atoms with Gasteiger partial charge in [0.25, 0.3) is 0 Å². The molecule has 0 fully saturated rings. The number of nitrogens with one attached hydrogen (secondary N) is 1. The molecule has 0 radical (unpaired) electrons. The van der Waals surface area contributed by atoms with Gasteiger partial charge in [-0.05, 0) is 25.3 Å². The van der Waals surface area contributed by atoms with Crippen LogP contribution in [-0.2, 0) is 4.79 Å². The zero-order valence-electron chi connectivity index (χ0n) is 11.8. The maximum absolute atomic E-state index is 12.4. The first-order valence-electron chi connectivity index (χ1n) is 6.61.